The van der Waals surface area contributed by atoms with E-state index in [0.29, 0.717) is 49.3 Å². The molecule has 0 radical (unpaired) electrons. The maximum atomic E-state index is 13.3. The number of ether oxygens (including phenoxy) is 1. The van der Waals surface area contributed by atoms with Crippen molar-refractivity contribution in [2.75, 3.05) is 32.0 Å². The fraction of sp³-hybridized carbons (Fsp3) is 0.500. The number of thioether (sulfide) groups is 2. The summed E-state index contributed by atoms with van der Waals surface area (Å²) >= 11 is 2.79. The summed E-state index contributed by atoms with van der Waals surface area (Å²) in [4.78, 5) is 14.1. The minimum Gasteiger partial charge on any atom is -0.377 e. The molecule has 0 spiro atoms. The molecule has 2 heterocycles. The van der Waals surface area contributed by atoms with Crippen LogP contribution in [0.3, 0.4) is 0 Å². The van der Waals surface area contributed by atoms with E-state index in [1.54, 1.807) is 6.07 Å². The molecule has 2 aliphatic heterocycles. The molecule has 1 amide bonds. The molecule has 4 N–H and O–H groups in total. The van der Waals surface area contributed by atoms with Crippen LogP contribution in [0.15, 0.2) is 23.3 Å². The molecule has 0 aliphatic carbocycles. The molecule has 0 saturated carbocycles. The minimum absolute atomic E-state index is 0.0479. The van der Waals surface area contributed by atoms with Gasteiger partial charge in [-0.05, 0) is 29.5 Å². The van der Waals surface area contributed by atoms with Crippen molar-refractivity contribution in [3.8, 4) is 0 Å². The van der Waals surface area contributed by atoms with Crippen LogP contribution in [0, 0.1) is 11.6 Å². The first-order chi connectivity index (χ1) is 13.0. The summed E-state index contributed by atoms with van der Waals surface area (Å²) < 4.78 is 32.0. The van der Waals surface area contributed by atoms with Gasteiger partial charge < -0.3 is 15.8 Å². The van der Waals surface area contributed by atoms with Gasteiger partial charge in [0.2, 0.25) is 5.91 Å². The molecule has 7 nitrogen and oxygen atoms in total. The second-order valence-corrected chi connectivity index (χ2v) is 8.64. The van der Waals surface area contributed by atoms with Crippen molar-refractivity contribution in [1.29, 1.82) is 0 Å². The Bertz CT molecular complexity index is 709. The number of nitrogens with one attached hydrogen (secondary N) is 2. The first-order valence-electron chi connectivity index (χ1n) is 8.41. The molecule has 2 atom stereocenters. The first-order valence-corrected chi connectivity index (χ1v) is 10.3. The summed E-state index contributed by atoms with van der Waals surface area (Å²) in [6, 6.07) is 3.92. The topological polar surface area (TPSA) is 92.0 Å². The molecule has 1 saturated heterocycles. The number of amidine groups is 1. The summed E-state index contributed by atoms with van der Waals surface area (Å²) in [7, 11) is 0. The van der Waals surface area contributed by atoms with E-state index in [-0.39, 0.29) is 16.7 Å². The van der Waals surface area contributed by atoms with E-state index in [4.69, 9.17) is 10.5 Å². The van der Waals surface area contributed by atoms with Crippen molar-refractivity contribution in [2.24, 2.45) is 10.8 Å². The minimum atomic E-state index is -0.848. The smallest absolute Gasteiger partial charge is 0.230 e. The Labute approximate surface area is 164 Å². The third-order valence-electron chi connectivity index (χ3n) is 4.01. The second kappa shape index (κ2) is 9.58. The largest absolute Gasteiger partial charge is 0.377 e. The highest BCUT2D eigenvalue weighted by atomic mass is 32.2. The Morgan fingerprint density at radius 2 is 2.33 bits per heavy atom. The maximum Gasteiger partial charge on any atom is 0.230 e. The van der Waals surface area contributed by atoms with Crippen LogP contribution in [-0.4, -0.2) is 58.8 Å². The van der Waals surface area contributed by atoms with Gasteiger partial charge in [0.05, 0.1) is 18.5 Å². The van der Waals surface area contributed by atoms with Crippen LogP contribution >= 0.6 is 23.5 Å². The van der Waals surface area contributed by atoms with Crippen LogP contribution in [0.25, 0.3) is 0 Å². The second-order valence-electron chi connectivity index (χ2n) is 6.12. The van der Waals surface area contributed by atoms with Crippen molar-refractivity contribution in [2.45, 2.75) is 17.4 Å². The lowest BCUT2D eigenvalue weighted by atomic mass is 10.1. The van der Waals surface area contributed by atoms with Gasteiger partial charge in [0, 0.05) is 26.2 Å². The number of hydrazone groups is 1. The van der Waals surface area contributed by atoms with Crippen LogP contribution < -0.4 is 16.5 Å². The van der Waals surface area contributed by atoms with Gasteiger partial charge in [-0.2, -0.15) is 5.10 Å². The highest BCUT2D eigenvalue weighted by Gasteiger charge is 2.22. The number of rotatable bonds is 7. The number of halogens is 2. The van der Waals surface area contributed by atoms with Gasteiger partial charge in [0.25, 0.3) is 0 Å². The predicted octanol–water partition coefficient (Wildman–Crippen LogP) is 0.865. The molecule has 1 fully saturated rings. The number of carbonyl (C=O) groups excluding carboxylic acids is 1. The van der Waals surface area contributed by atoms with E-state index < -0.39 is 11.6 Å². The summed E-state index contributed by atoms with van der Waals surface area (Å²) in [6.07, 6.45) is -0.143. The normalized spacial score (nSPS) is 23.0. The zero-order valence-electron chi connectivity index (χ0n) is 14.5. The van der Waals surface area contributed by atoms with Gasteiger partial charge >= 0.3 is 0 Å². The maximum absolute atomic E-state index is 13.3. The summed E-state index contributed by atoms with van der Waals surface area (Å²) in [5.74, 6) is -1.49. The molecule has 148 valence electrons. The van der Waals surface area contributed by atoms with E-state index in [1.165, 1.54) is 29.6 Å². The zero-order valence-corrected chi connectivity index (χ0v) is 16.1. The Hall–Kier alpha value is -1.56. The molecule has 1 aromatic rings. The van der Waals surface area contributed by atoms with E-state index >= 15 is 0 Å². The van der Waals surface area contributed by atoms with Crippen LogP contribution in [0.5, 0.6) is 0 Å². The third kappa shape index (κ3) is 6.23. The quantitative estimate of drug-likeness (QED) is 0.606. The molecular weight excluding hydrogens is 396 g/mol. The molecule has 2 aliphatic rings. The number of hydrogen-bond acceptors (Lipinski definition) is 8. The SMILES string of the molecule is NC1=NNC(SCC(=O)NC[C@H]2CN(Cc3ccc(F)c(F)c3)CCO2)S1. The average molecular weight is 418 g/mol. The molecule has 27 heavy (non-hydrogen) atoms. The van der Waals surface area contributed by atoms with Crippen LogP contribution in [0.1, 0.15) is 5.56 Å². The predicted molar refractivity (Wildman–Crippen MR) is 103 cm³/mol. The Morgan fingerprint density at radius 1 is 1.48 bits per heavy atom. The number of nitrogens with zero attached hydrogens (tertiary/aromatic N) is 2. The first kappa shape index (κ1) is 20.2. The Balaban J connectivity index is 1.37. The fourth-order valence-electron chi connectivity index (χ4n) is 2.72. The molecule has 1 aromatic carbocycles. The molecule has 3 rings (SSSR count). The summed E-state index contributed by atoms with van der Waals surface area (Å²) in [6.45, 7) is 2.74. The van der Waals surface area contributed by atoms with Gasteiger partial charge in [-0.15, -0.1) is 11.8 Å². The standard InChI is InChI=1S/C16H21F2N5O2S2/c17-12-2-1-10(5-13(12)18)7-23-3-4-25-11(8-23)6-20-14(24)9-26-16-22-21-15(19)27-16/h1-2,5,11,16,22H,3-4,6-9H2,(H2,19,21)(H,20,24)/t11-,16?/m0/s1. The Morgan fingerprint density at radius 3 is 3.07 bits per heavy atom. The number of carbonyl (C=O) groups is 1. The van der Waals surface area contributed by atoms with Crippen molar-refractivity contribution in [1.82, 2.24) is 15.6 Å². The van der Waals surface area contributed by atoms with Gasteiger partial charge in [-0.1, -0.05) is 6.07 Å². The Kier molecular flexibility index (Phi) is 7.16. The molecule has 1 unspecified atom stereocenters. The van der Waals surface area contributed by atoms with Gasteiger partial charge in [-0.25, -0.2) is 8.78 Å². The van der Waals surface area contributed by atoms with Crippen molar-refractivity contribution >= 4 is 34.6 Å². The van der Waals surface area contributed by atoms with Crippen LogP contribution in [0.4, 0.5) is 8.78 Å². The fourth-order valence-corrected chi connectivity index (χ4v) is 4.46. The summed E-state index contributed by atoms with van der Waals surface area (Å²) in [5.41, 5.74) is 9.09. The van der Waals surface area contributed by atoms with Gasteiger partial charge in [-0.3, -0.25) is 15.1 Å². The number of benzene rings is 1. The van der Waals surface area contributed by atoms with Crippen LogP contribution in [-0.2, 0) is 16.1 Å². The van der Waals surface area contributed by atoms with E-state index in [1.807, 2.05) is 0 Å². The van der Waals surface area contributed by atoms with Crippen molar-refractivity contribution in [3.63, 3.8) is 0 Å². The molecule has 0 bridgehead atoms. The summed E-state index contributed by atoms with van der Waals surface area (Å²) in [5, 5.41) is 7.18. The molecule has 0 aromatic heterocycles. The zero-order chi connectivity index (χ0) is 19.2. The lowest BCUT2D eigenvalue weighted by Gasteiger charge is -2.33. The monoisotopic (exact) mass is 417 g/mol. The lowest BCUT2D eigenvalue weighted by Crippen LogP contribution is -2.47. The number of morpholine rings is 1. The third-order valence-corrected chi connectivity index (χ3v) is 6.20. The molecule has 11 heteroatoms. The van der Waals surface area contributed by atoms with E-state index in [2.05, 4.69) is 20.7 Å². The lowest BCUT2D eigenvalue weighted by molar-refractivity contribution is -0.119. The van der Waals surface area contributed by atoms with Crippen molar-refractivity contribution in [3.05, 3.63) is 35.4 Å². The van der Waals surface area contributed by atoms with Gasteiger partial charge in [0.1, 0.15) is 4.71 Å². The molecular formula is C16H21F2N5O2S2. The van der Waals surface area contributed by atoms with Crippen LogP contribution in [0.2, 0.25) is 0 Å². The number of nitrogens with two attached hydrogens (primary N) is 1. The highest BCUT2D eigenvalue weighted by Crippen LogP contribution is 2.24. The van der Waals surface area contributed by atoms with E-state index in [0.717, 1.165) is 6.07 Å². The van der Waals surface area contributed by atoms with E-state index in [9.17, 15) is 13.6 Å². The van der Waals surface area contributed by atoms with Crippen molar-refractivity contribution < 1.29 is 18.3 Å². The van der Waals surface area contributed by atoms with Gasteiger partial charge in [0.15, 0.2) is 16.8 Å². The number of hydrogen-bond donors (Lipinski definition) is 3. The number of amides is 1. The average Bonchev–Trinajstić information content (AvgIpc) is 3.07. The highest BCUT2D eigenvalue weighted by molar-refractivity contribution is 8.25.